The molecule has 3 rings (SSSR count). The SMILES string of the molecule is COc1ccc([C@H](NCc2ccc([S@@](C)=O)cc2)C2CC2)cc1. The number of methoxy groups -OCH3 is 1. The van der Waals surface area contributed by atoms with Crippen LogP contribution in [-0.2, 0) is 17.3 Å². The van der Waals surface area contributed by atoms with Gasteiger partial charge in [-0.15, -0.1) is 0 Å². The number of nitrogens with one attached hydrogen (secondary N) is 1. The molecule has 0 spiro atoms. The zero-order valence-electron chi connectivity index (χ0n) is 13.6. The Morgan fingerprint density at radius 2 is 1.78 bits per heavy atom. The van der Waals surface area contributed by atoms with Crippen molar-refractivity contribution in [2.45, 2.75) is 30.3 Å². The summed E-state index contributed by atoms with van der Waals surface area (Å²) in [6.45, 7) is 0.823. The van der Waals surface area contributed by atoms with Crippen molar-refractivity contribution in [3.05, 3.63) is 59.7 Å². The highest BCUT2D eigenvalue weighted by atomic mass is 32.2. The minimum Gasteiger partial charge on any atom is -0.497 e. The fourth-order valence-electron chi connectivity index (χ4n) is 2.82. The average molecular weight is 329 g/mol. The van der Waals surface area contributed by atoms with Crippen LogP contribution in [0.5, 0.6) is 5.75 Å². The summed E-state index contributed by atoms with van der Waals surface area (Å²) in [5, 5.41) is 3.68. The van der Waals surface area contributed by atoms with E-state index in [1.165, 1.54) is 24.0 Å². The second-order valence-corrected chi connectivity index (χ2v) is 7.45. The summed E-state index contributed by atoms with van der Waals surface area (Å²) in [5.41, 5.74) is 2.54. The predicted molar refractivity (Wildman–Crippen MR) is 94.1 cm³/mol. The standard InChI is InChI=1S/C19H23NO2S/c1-22-17-9-7-16(8-10-17)19(15-5-6-15)20-13-14-3-11-18(12-4-14)23(2)21/h3-4,7-12,15,19-20H,5-6,13H2,1-2H3/t19-,23-/m1/s1. The highest BCUT2D eigenvalue weighted by molar-refractivity contribution is 7.84. The number of hydrogen-bond acceptors (Lipinski definition) is 3. The zero-order chi connectivity index (χ0) is 16.2. The molecule has 4 heteroatoms. The first-order chi connectivity index (χ1) is 11.2. The number of rotatable bonds is 7. The average Bonchev–Trinajstić information content (AvgIpc) is 3.41. The first-order valence-corrected chi connectivity index (χ1v) is 9.53. The van der Waals surface area contributed by atoms with Crippen molar-refractivity contribution in [1.82, 2.24) is 5.32 Å². The summed E-state index contributed by atoms with van der Waals surface area (Å²) in [7, 11) is 0.781. The third-order valence-electron chi connectivity index (χ3n) is 4.35. The van der Waals surface area contributed by atoms with Gasteiger partial charge >= 0.3 is 0 Å². The molecule has 0 radical (unpaired) electrons. The maximum Gasteiger partial charge on any atom is 0.118 e. The number of ether oxygens (including phenoxy) is 1. The van der Waals surface area contributed by atoms with Gasteiger partial charge in [0.25, 0.3) is 0 Å². The maximum atomic E-state index is 11.4. The van der Waals surface area contributed by atoms with Gasteiger partial charge in [0.05, 0.1) is 7.11 Å². The van der Waals surface area contributed by atoms with Gasteiger partial charge in [-0.2, -0.15) is 0 Å². The van der Waals surface area contributed by atoms with E-state index in [4.69, 9.17) is 4.74 Å². The Kier molecular flexibility index (Phi) is 5.13. The predicted octanol–water partition coefficient (Wildman–Crippen LogP) is 3.67. The molecular weight excluding hydrogens is 306 g/mol. The number of benzene rings is 2. The van der Waals surface area contributed by atoms with E-state index in [0.717, 1.165) is 23.1 Å². The molecule has 122 valence electrons. The number of hydrogen-bond donors (Lipinski definition) is 1. The third-order valence-corrected chi connectivity index (χ3v) is 5.29. The van der Waals surface area contributed by atoms with E-state index in [-0.39, 0.29) is 0 Å². The molecule has 0 bridgehead atoms. The molecule has 0 heterocycles. The van der Waals surface area contributed by atoms with Gasteiger partial charge < -0.3 is 10.1 Å². The zero-order valence-corrected chi connectivity index (χ0v) is 14.4. The van der Waals surface area contributed by atoms with E-state index in [2.05, 4.69) is 29.6 Å². The summed E-state index contributed by atoms with van der Waals surface area (Å²) < 4.78 is 16.7. The molecule has 23 heavy (non-hydrogen) atoms. The molecule has 2 atom stereocenters. The van der Waals surface area contributed by atoms with Gasteiger partial charge in [0.1, 0.15) is 5.75 Å². The van der Waals surface area contributed by atoms with Gasteiger partial charge in [-0.05, 0) is 54.2 Å². The van der Waals surface area contributed by atoms with Crippen LogP contribution in [0.3, 0.4) is 0 Å². The summed E-state index contributed by atoms with van der Waals surface area (Å²) >= 11 is 0. The van der Waals surface area contributed by atoms with Crippen LogP contribution in [0.2, 0.25) is 0 Å². The van der Waals surface area contributed by atoms with Crippen molar-refractivity contribution in [3.63, 3.8) is 0 Å². The molecule has 2 aromatic rings. The lowest BCUT2D eigenvalue weighted by atomic mass is 10.0. The summed E-state index contributed by atoms with van der Waals surface area (Å²) in [5.74, 6) is 1.62. The molecule has 0 aliphatic heterocycles. The Bertz CT molecular complexity index is 663. The minimum atomic E-state index is -0.913. The molecule has 1 aliphatic carbocycles. The largest absolute Gasteiger partial charge is 0.497 e. The first kappa shape index (κ1) is 16.2. The second-order valence-electron chi connectivity index (χ2n) is 6.07. The van der Waals surface area contributed by atoms with Crippen molar-refractivity contribution in [2.75, 3.05) is 13.4 Å². The van der Waals surface area contributed by atoms with Crippen LogP contribution in [0.1, 0.15) is 30.0 Å². The van der Waals surface area contributed by atoms with Gasteiger partial charge in [-0.3, -0.25) is 4.21 Å². The van der Waals surface area contributed by atoms with Gasteiger partial charge in [-0.25, -0.2) is 0 Å². The topological polar surface area (TPSA) is 38.3 Å². The van der Waals surface area contributed by atoms with E-state index >= 15 is 0 Å². The van der Waals surface area contributed by atoms with Gasteiger partial charge in [-0.1, -0.05) is 24.3 Å². The Balaban J connectivity index is 1.66. The Labute approximate surface area is 140 Å². The molecule has 1 N–H and O–H groups in total. The van der Waals surface area contributed by atoms with Crippen molar-refractivity contribution >= 4 is 10.8 Å². The quantitative estimate of drug-likeness (QED) is 0.842. The molecule has 1 saturated carbocycles. The maximum absolute atomic E-state index is 11.4. The van der Waals surface area contributed by atoms with Gasteiger partial charge in [0, 0.05) is 34.5 Å². The smallest absolute Gasteiger partial charge is 0.118 e. The van der Waals surface area contributed by atoms with Crippen LogP contribution in [0.15, 0.2) is 53.4 Å². The summed E-state index contributed by atoms with van der Waals surface area (Å²) in [6.07, 6.45) is 4.29. The minimum absolute atomic E-state index is 0.390. The summed E-state index contributed by atoms with van der Waals surface area (Å²) in [6, 6.07) is 16.8. The summed E-state index contributed by atoms with van der Waals surface area (Å²) in [4.78, 5) is 0.877. The van der Waals surface area contributed by atoms with E-state index < -0.39 is 10.8 Å². The van der Waals surface area contributed by atoms with E-state index in [9.17, 15) is 4.21 Å². The Morgan fingerprint density at radius 3 is 2.30 bits per heavy atom. The van der Waals surface area contributed by atoms with E-state index in [1.54, 1.807) is 13.4 Å². The molecule has 0 unspecified atom stereocenters. The highest BCUT2D eigenvalue weighted by Gasteiger charge is 2.31. The lowest BCUT2D eigenvalue weighted by Crippen LogP contribution is -2.22. The molecule has 0 aromatic heterocycles. The van der Waals surface area contributed by atoms with Gasteiger partial charge in [0.2, 0.25) is 0 Å². The van der Waals surface area contributed by atoms with Gasteiger partial charge in [0.15, 0.2) is 0 Å². The molecule has 2 aromatic carbocycles. The van der Waals surface area contributed by atoms with Crippen molar-refractivity contribution in [1.29, 1.82) is 0 Å². The molecule has 1 fully saturated rings. The lowest BCUT2D eigenvalue weighted by Gasteiger charge is -2.19. The fraction of sp³-hybridized carbons (Fsp3) is 0.368. The normalized spacial score (nSPS) is 16.8. The first-order valence-electron chi connectivity index (χ1n) is 7.97. The highest BCUT2D eigenvalue weighted by Crippen LogP contribution is 2.41. The van der Waals surface area contributed by atoms with Crippen molar-refractivity contribution in [2.24, 2.45) is 5.92 Å². The second kappa shape index (κ2) is 7.28. The third kappa shape index (κ3) is 4.21. The Hall–Kier alpha value is -1.65. The van der Waals surface area contributed by atoms with E-state index in [0.29, 0.717) is 6.04 Å². The molecule has 1 aliphatic rings. The van der Waals surface area contributed by atoms with Crippen LogP contribution < -0.4 is 10.1 Å². The molecule has 3 nitrogen and oxygen atoms in total. The van der Waals surface area contributed by atoms with Crippen molar-refractivity contribution in [3.8, 4) is 5.75 Å². The fourth-order valence-corrected chi connectivity index (χ4v) is 3.34. The molecule has 0 amide bonds. The van der Waals surface area contributed by atoms with Crippen LogP contribution >= 0.6 is 0 Å². The Morgan fingerprint density at radius 1 is 1.13 bits per heavy atom. The van der Waals surface area contributed by atoms with E-state index in [1.807, 2.05) is 24.3 Å². The van der Waals surface area contributed by atoms with Crippen LogP contribution in [0.4, 0.5) is 0 Å². The lowest BCUT2D eigenvalue weighted by molar-refractivity contribution is 0.413. The van der Waals surface area contributed by atoms with Crippen LogP contribution in [-0.4, -0.2) is 17.6 Å². The molecule has 0 saturated heterocycles. The van der Waals surface area contributed by atoms with Crippen LogP contribution in [0, 0.1) is 5.92 Å². The van der Waals surface area contributed by atoms with Crippen molar-refractivity contribution < 1.29 is 8.95 Å². The van der Waals surface area contributed by atoms with Crippen LogP contribution in [0.25, 0.3) is 0 Å². The molecular formula is C19H23NO2S. The monoisotopic (exact) mass is 329 g/mol.